The molecule has 1 aromatic carbocycles. The Morgan fingerprint density at radius 3 is 2.86 bits per heavy atom. The summed E-state index contributed by atoms with van der Waals surface area (Å²) in [5, 5.41) is 12.6. The van der Waals surface area contributed by atoms with Crippen LogP contribution in [0.3, 0.4) is 0 Å². The number of likely N-dealkylation sites (N-methyl/N-ethyl adjacent to an activating group) is 1. The van der Waals surface area contributed by atoms with Gasteiger partial charge in [0.15, 0.2) is 0 Å². The number of rotatable bonds is 4. The van der Waals surface area contributed by atoms with E-state index in [1.807, 2.05) is 0 Å². The van der Waals surface area contributed by atoms with Gasteiger partial charge in [-0.05, 0) is 13.1 Å². The summed E-state index contributed by atoms with van der Waals surface area (Å²) in [6.07, 6.45) is -0.574. The number of aliphatic hydroxyl groups is 1. The average molecular weight is 196 g/mol. The summed E-state index contributed by atoms with van der Waals surface area (Å²) >= 11 is 0. The number of anilines is 1. The summed E-state index contributed by atoms with van der Waals surface area (Å²) in [4.78, 5) is 0. The highest BCUT2D eigenvalue weighted by Crippen LogP contribution is 2.26. The van der Waals surface area contributed by atoms with Crippen LogP contribution in [0.4, 0.5) is 5.69 Å². The van der Waals surface area contributed by atoms with Crippen LogP contribution in [-0.2, 0) is 0 Å². The second-order valence-corrected chi connectivity index (χ2v) is 3.07. The maximum absolute atomic E-state index is 9.74. The molecule has 1 aromatic rings. The molecule has 0 heterocycles. The molecule has 4 heteroatoms. The Morgan fingerprint density at radius 2 is 2.29 bits per heavy atom. The maximum Gasteiger partial charge on any atom is 0.126 e. The molecule has 0 spiro atoms. The highest BCUT2D eigenvalue weighted by molar-refractivity contribution is 5.49. The van der Waals surface area contributed by atoms with Crippen molar-refractivity contribution in [3.8, 4) is 5.75 Å². The number of nitrogens with one attached hydrogen (secondary N) is 1. The van der Waals surface area contributed by atoms with Crippen LogP contribution < -0.4 is 15.8 Å². The van der Waals surface area contributed by atoms with Gasteiger partial charge in [0.05, 0.1) is 13.2 Å². The Kier molecular flexibility index (Phi) is 3.73. The van der Waals surface area contributed by atoms with Crippen molar-refractivity contribution in [1.82, 2.24) is 5.32 Å². The number of nitrogen functional groups attached to an aromatic ring is 1. The van der Waals surface area contributed by atoms with Crippen LogP contribution in [0, 0.1) is 0 Å². The number of hydrogen-bond acceptors (Lipinski definition) is 4. The molecule has 0 aliphatic rings. The smallest absolute Gasteiger partial charge is 0.126 e. The number of aliphatic hydroxyl groups excluding tert-OH is 1. The Hall–Kier alpha value is -1.26. The van der Waals surface area contributed by atoms with Gasteiger partial charge in [-0.3, -0.25) is 0 Å². The van der Waals surface area contributed by atoms with Crippen LogP contribution in [0.15, 0.2) is 18.2 Å². The number of benzene rings is 1. The molecular formula is C10H16N2O2. The molecule has 1 unspecified atom stereocenters. The molecule has 0 fully saturated rings. The molecular weight excluding hydrogens is 180 g/mol. The molecule has 4 N–H and O–H groups in total. The van der Waals surface area contributed by atoms with Gasteiger partial charge in [0.2, 0.25) is 0 Å². The van der Waals surface area contributed by atoms with Crippen molar-refractivity contribution in [2.45, 2.75) is 6.10 Å². The number of hydrogen-bond donors (Lipinski definition) is 3. The molecule has 0 aliphatic heterocycles. The van der Waals surface area contributed by atoms with E-state index in [9.17, 15) is 5.11 Å². The van der Waals surface area contributed by atoms with Gasteiger partial charge in [-0.25, -0.2) is 0 Å². The zero-order chi connectivity index (χ0) is 10.6. The van der Waals surface area contributed by atoms with Gasteiger partial charge in [0.1, 0.15) is 5.75 Å². The Labute approximate surface area is 83.7 Å². The van der Waals surface area contributed by atoms with Crippen LogP contribution in [0.2, 0.25) is 0 Å². The van der Waals surface area contributed by atoms with Gasteiger partial charge in [0, 0.05) is 23.9 Å². The monoisotopic (exact) mass is 196 g/mol. The summed E-state index contributed by atoms with van der Waals surface area (Å²) in [7, 11) is 3.34. The van der Waals surface area contributed by atoms with Gasteiger partial charge in [-0.15, -0.1) is 0 Å². The zero-order valence-electron chi connectivity index (χ0n) is 8.45. The van der Waals surface area contributed by atoms with Crippen LogP contribution in [0.25, 0.3) is 0 Å². The molecule has 78 valence electrons. The van der Waals surface area contributed by atoms with Crippen LogP contribution >= 0.6 is 0 Å². The van der Waals surface area contributed by atoms with Crippen molar-refractivity contribution in [3.05, 3.63) is 23.8 Å². The highest BCUT2D eigenvalue weighted by Gasteiger charge is 2.12. The highest BCUT2D eigenvalue weighted by atomic mass is 16.5. The molecule has 14 heavy (non-hydrogen) atoms. The van der Waals surface area contributed by atoms with Crippen molar-refractivity contribution in [1.29, 1.82) is 0 Å². The lowest BCUT2D eigenvalue weighted by Gasteiger charge is -2.14. The normalized spacial score (nSPS) is 12.5. The van der Waals surface area contributed by atoms with E-state index in [1.165, 1.54) is 0 Å². The quantitative estimate of drug-likeness (QED) is 0.614. The lowest BCUT2D eigenvalue weighted by molar-refractivity contribution is 0.173. The summed E-state index contributed by atoms with van der Waals surface area (Å²) in [5.74, 6) is 0.618. The molecule has 0 radical (unpaired) electrons. The lowest BCUT2D eigenvalue weighted by Crippen LogP contribution is -2.17. The molecule has 1 rings (SSSR count). The summed E-state index contributed by atoms with van der Waals surface area (Å²) in [6, 6.07) is 5.22. The third-order valence-corrected chi connectivity index (χ3v) is 2.01. The van der Waals surface area contributed by atoms with E-state index in [-0.39, 0.29) is 0 Å². The van der Waals surface area contributed by atoms with Crippen LogP contribution in [0.5, 0.6) is 5.75 Å². The van der Waals surface area contributed by atoms with Crippen molar-refractivity contribution < 1.29 is 9.84 Å². The van der Waals surface area contributed by atoms with Crippen LogP contribution in [-0.4, -0.2) is 25.8 Å². The summed E-state index contributed by atoms with van der Waals surface area (Å²) in [5.41, 5.74) is 6.97. The second-order valence-electron chi connectivity index (χ2n) is 3.07. The van der Waals surface area contributed by atoms with Crippen molar-refractivity contribution >= 4 is 5.69 Å². The molecule has 4 nitrogen and oxygen atoms in total. The van der Waals surface area contributed by atoms with Crippen molar-refractivity contribution in [2.24, 2.45) is 0 Å². The fraction of sp³-hybridized carbons (Fsp3) is 0.400. The SMILES string of the molecule is CNCC(O)c1ccc(N)cc1OC. The van der Waals surface area contributed by atoms with E-state index < -0.39 is 6.10 Å². The van der Waals surface area contributed by atoms with E-state index in [2.05, 4.69) is 5.32 Å². The number of ether oxygens (including phenoxy) is 1. The largest absolute Gasteiger partial charge is 0.496 e. The predicted octanol–water partition coefficient (Wildman–Crippen LogP) is 0.530. The first-order valence-electron chi connectivity index (χ1n) is 4.45. The molecule has 0 saturated carbocycles. The van der Waals surface area contributed by atoms with E-state index in [1.54, 1.807) is 32.4 Å². The minimum atomic E-state index is -0.574. The van der Waals surface area contributed by atoms with Crippen molar-refractivity contribution in [2.75, 3.05) is 26.4 Å². The Bertz CT molecular complexity index is 302. The third-order valence-electron chi connectivity index (χ3n) is 2.01. The number of nitrogens with two attached hydrogens (primary N) is 1. The van der Waals surface area contributed by atoms with E-state index in [4.69, 9.17) is 10.5 Å². The zero-order valence-corrected chi connectivity index (χ0v) is 8.45. The maximum atomic E-state index is 9.74. The molecule has 0 amide bonds. The molecule has 0 aromatic heterocycles. The van der Waals surface area contributed by atoms with E-state index in [0.717, 1.165) is 5.56 Å². The first-order valence-corrected chi connectivity index (χ1v) is 4.45. The standard InChI is InChI=1S/C10H16N2O2/c1-12-6-9(13)8-4-3-7(11)5-10(8)14-2/h3-5,9,12-13H,6,11H2,1-2H3. The van der Waals surface area contributed by atoms with Gasteiger partial charge in [-0.1, -0.05) is 6.07 Å². The van der Waals surface area contributed by atoms with Gasteiger partial charge in [-0.2, -0.15) is 0 Å². The minimum absolute atomic E-state index is 0.486. The molecule has 0 bridgehead atoms. The fourth-order valence-corrected chi connectivity index (χ4v) is 1.31. The first-order chi connectivity index (χ1) is 6.69. The van der Waals surface area contributed by atoms with Gasteiger partial charge < -0.3 is 20.9 Å². The minimum Gasteiger partial charge on any atom is -0.496 e. The number of methoxy groups -OCH3 is 1. The van der Waals surface area contributed by atoms with Gasteiger partial charge >= 0.3 is 0 Å². The fourth-order valence-electron chi connectivity index (χ4n) is 1.31. The van der Waals surface area contributed by atoms with E-state index in [0.29, 0.717) is 18.0 Å². The van der Waals surface area contributed by atoms with Gasteiger partial charge in [0.25, 0.3) is 0 Å². The average Bonchev–Trinajstić information content (AvgIpc) is 2.17. The Balaban J connectivity index is 2.95. The molecule has 1 atom stereocenters. The third kappa shape index (κ3) is 2.37. The van der Waals surface area contributed by atoms with E-state index >= 15 is 0 Å². The summed E-state index contributed by atoms with van der Waals surface area (Å²) in [6.45, 7) is 0.486. The second kappa shape index (κ2) is 4.83. The lowest BCUT2D eigenvalue weighted by atomic mass is 10.1. The molecule has 0 saturated heterocycles. The Morgan fingerprint density at radius 1 is 1.57 bits per heavy atom. The van der Waals surface area contributed by atoms with Crippen LogP contribution in [0.1, 0.15) is 11.7 Å². The summed E-state index contributed by atoms with van der Waals surface area (Å²) < 4.78 is 5.13. The first kappa shape index (κ1) is 10.8. The molecule has 0 aliphatic carbocycles. The predicted molar refractivity (Wildman–Crippen MR) is 56.3 cm³/mol. The topological polar surface area (TPSA) is 67.5 Å². The van der Waals surface area contributed by atoms with Crippen molar-refractivity contribution in [3.63, 3.8) is 0 Å².